The fraction of sp³-hybridized carbons (Fsp3) is 0.318. The van der Waals surface area contributed by atoms with Crippen LogP contribution in [0.2, 0.25) is 0 Å². The lowest BCUT2D eigenvalue weighted by atomic mass is 10.2. The van der Waals surface area contributed by atoms with Crippen molar-refractivity contribution < 1.29 is 19.0 Å². The zero-order chi connectivity index (χ0) is 22.5. The lowest BCUT2D eigenvalue weighted by Crippen LogP contribution is -2.15. The summed E-state index contributed by atoms with van der Waals surface area (Å²) in [5.74, 6) is 2.86. The van der Waals surface area contributed by atoms with E-state index >= 15 is 0 Å². The Hall–Kier alpha value is -3.40. The van der Waals surface area contributed by atoms with Crippen LogP contribution in [0.5, 0.6) is 17.2 Å². The number of nitrogens with one attached hydrogen (secondary N) is 1. The lowest BCUT2D eigenvalue weighted by molar-refractivity contribution is -0.113. The minimum atomic E-state index is -0.138. The Labute approximate surface area is 190 Å². The van der Waals surface area contributed by atoms with Crippen molar-refractivity contribution in [3.8, 4) is 17.2 Å². The van der Waals surface area contributed by atoms with Crippen molar-refractivity contribution in [2.45, 2.75) is 18.6 Å². The summed E-state index contributed by atoms with van der Waals surface area (Å²) in [5, 5.41) is 12.2. The molecule has 168 valence electrons. The summed E-state index contributed by atoms with van der Waals surface area (Å²) >= 11 is 1.36. The van der Waals surface area contributed by atoms with Crippen molar-refractivity contribution >= 4 is 35.0 Å². The van der Waals surface area contributed by atoms with Gasteiger partial charge in [0.2, 0.25) is 11.9 Å². The van der Waals surface area contributed by atoms with Crippen LogP contribution in [0.4, 0.5) is 17.3 Å². The summed E-state index contributed by atoms with van der Waals surface area (Å²) in [6.45, 7) is 4.15. The first-order valence-corrected chi connectivity index (χ1v) is 11.2. The number of carbonyl (C=O) groups is 1. The summed E-state index contributed by atoms with van der Waals surface area (Å²) in [6.07, 6.45) is 0. The normalized spacial score (nSPS) is 12.4. The zero-order valence-corrected chi connectivity index (χ0v) is 19.0. The van der Waals surface area contributed by atoms with Gasteiger partial charge in [-0.05, 0) is 43.3 Å². The molecule has 1 aliphatic heterocycles. The van der Waals surface area contributed by atoms with Crippen molar-refractivity contribution in [1.82, 2.24) is 14.8 Å². The molecule has 3 aromatic rings. The molecule has 32 heavy (non-hydrogen) atoms. The Morgan fingerprint density at radius 1 is 1.06 bits per heavy atom. The third-order valence-corrected chi connectivity index (χ3v) is 5.91. The van der Waals surface area contributed by atoms with Gasteiger partial charge in [0, 0.05) is 30.5 Å². The van der Waals surface area contributed by atoms with Gasteiger partial charge in [-0.1, -0.05) is 11.8 Å². The summed E-state index contributed by atoms with van der Waals surface area (Å²) in [5.41, 5.74) is 1.67. The first-order valence-electron chi connectivity index (χ1n) is 10.2. The molecule has 0 atom stereocenters. The molecule has 10 heteroatoms. The zero-order valence-electron chi connectivity index (χ0n) is 18.2. The van der Waals surface area contributed by atoms with Crippen molar-refractivity contribution in [3.63, 3.8) is 0 Å². The van der Waals surface area contributed by atoms with Crippen LogP contribution < -0.4 is 24.4 Å². The van der Waals surface area contributed by atoms with Crippen LogP contribution in [0, 0.1) is 0 Å². The van der Waals surface area contributed by atoms with Crippen LogP contribution in [-0.2, 0) is 11.3 Å². The Kier molecular flexibility index (Phi) is 6.69. The number of amides is 1. The summed E-state index contributed by atoms with van der Waals surface area (Å²) < 4.78 is 18.0. The molecule has 0 bridgehead atoms. The SMILES string of the molecule is CCOc1ccc(N2CCn3c(SCC(=O)Nc4ccc(OC)c(OC)c4)nnc32)cc1. The highest BCUT2D eigenvalue weighted by molar-refractivity contribution is 7.99. The van der Waals surface area contributed by atoms with Crippen molar-refractivity contribution in [3.05, 3.63) is 42.5 Å². The maximum Gasteiger partial charge on any atom is 0.234 e. The Morgan fingerprint density at radius 3 is 2.56 bits per heavy atom. The molecule has 2 aromatic carbocycles. The monoisotopic (exact) mass is 455 g/mol. The number of rotatable bonds is 9. The van der Waals surface area contributed by atoms with Gasteiger partial charge in [0.15, 0.2) is 16.7 Å². The highest BCUT2D eigenvalue weighted by Gasteiger charge is 2.26. The van der Waals surface area contributed by atoms with Gasteiger partial charge >= 0.3 is 0 Å². The van der Waals surface area contributed by atoms with E-state index in [-0.39, 0.29) is 11.7 Å². The molecule has 0 spiro atoms. The van der Waals surface area contributed by atoms with Crippen LogP contribution in [0.1, 0.15) is 6.92 Å². The second kappa shape index (κ2) is 9.82. The van der Waals surface area contributed by atoms with E-state index in [1.165, 1.54) is 11.8 Å². The van der Waals surface area contributed by atoms with Crippen LogP contribution in [-0.4, -0.2) is 53.8 Å². The molecule has 1 aliphatic rings. The maximum absolute atomic E-state index is 12.4. The van der Waals surface area contributed by atoms with Crippen LogP contribution in [0.15, 0.2) is 47.6 Å². The minimum absolute atomic E-state index is 0.138. The number of aromatic nitrogens is 3. The average molecular weight is 456 g/mol. The van der Waals surface area contributed by atoms with Gasteiger partial charge in [-0.15, -0.1) is 10.2 Å². The predicted octanol–water partition coefficient (Wildman–Crippen LogP) is 3.58. The van der Waals surface area contributed by atoms with Gasteiger partial charge in [0.1, 0.15) is 5.75 Å². The van der Waals surface area contributed by atoms with E-state index < -0.39 is 0 Å². The highest BCUT2D eigenvalue weighted by atomic mass is 32.2. The maximum atomic E-state index is 12.4. The van der Waals surface area contributed by atoms with Crippen molar-refractivity contribution in [2.24, 2.45) is 0 Å². The lowest BCUT2D eigenvalue weighted by Gasteiger charge is -2.15. The van der Waals surface area contributed by atoms with E-state index in [9.17, 15) is 4.79 Å². The number of benzene rings is 2. The molecule has 0 aliphatic carbocycles. The van der Waals surface area contributed by atoms with E-state index in [4.69, 9.17) is 14.2 Å². The Morgan fingerprint density at radius 2 is 1.84 bits per heavy atom. The molecular weight excluding hydrogens is 430 g/mol. The second-order valence-corrected chi connectivity index (χ2v) is 7.86. The molecule has 0 radical (unpaired) electrons. The Bertz CT molecular complexity index is 1090. The molecule has 0 saturated heterocycles. The predicted molar refractivity (Wildman–Crippen MR) is 124 cm³/mol. The number of hydrogen-bond acceptors (Lipinski definition) is 8. The number of carbonyl (C=O) groups excluding carboxylic acids is 1. The van der Waals surface area contributed by atoms with Crippen molar-refractivity contribution in [1.29, 1.82) is 0 Å². The topological polar surface area (TPSA) is 90.7 Å². The molecule has 9 nitrogen and oxygen atoms in total. The van der Waals surface area contributed by atoms with E-state index in [2.05, 4.69) is 20.4 Å². The van der Waals surface area contributed by atoms with Crippen LogP contribution in [0.25, 0.3) is 0 Å². The van der Waals surface area contributed by atoms with E-state index in [0.717, 1.165) is 35.6 Å². The summed E-state index contributed by atoms with van der Waals surface area (Å²) in [4.78, 5) is 14.6. The summed E-state index contributed by atoms with van der Waals surface area (Å²) in [7, 11) is 3.13. The van der Waals surface area contributed by atoms with Gasteiger partial charge in [-0.3, -0.25) is 9.36 Å². The number of fused-ring (bicyclic) bond motifs is 1. The van der Waals surface area contributed by atoms with Crippen LogP contribution >= 0.6 is 11.8 Å². The molecular formula is C22H25N5O4S. The number of anilines is 3. The molecule has 0 saturated carbocycles. The molecule has 0 unspecified atom stereocenters. The van der Waals surface area contributed by atoms with Gasteiger partial charge < -0.3 is 24.4 Å². The van der Waals surface area contributed by atoms with Crippen LogP contribution in [0.3, 0.4) is 0 Å². The second-order valence-electron chi connectivity index (χ2n) is 6.92. The minimum Gasteiger partial charge on any atom is -0.494 e. The van der Waals surface area contributed by atoms with Crippen molar-refractivity contribution in [2.75, 3.05) is 43.3 Å². The standard InChI is InChI=1S/C22H25N5O4S/c1-4-31-17-8-6-16(7-9-17)26-11-12-27-21(26)24-25-22(27)32-14-20(28)23-15-5-10-18(29-2)19(13-15)30-3/h5-10,13H,4,11-12,14H2,1-3H3,(H,23,28). The number of nitrogens with zero attached hydrogens (tertiary/aromatic N) is 4. The molecule has 2 heterocycles. The molecule has 1 N–H and O–H groups in total. The first kappa shape index (κ1) is 21.8. The fourth-order valence-electron chi connectivity index (χ4n) is 3.46. The van der Waals surface area contributed by atoms with E-state index in [0.29, 0.717) is 23.8 Å². The number of methoxy groups -OCH3 is 2. The summed E-state index contributed by atoms with van der Waals surface area (Å²) in [6, 6.07) is 13.2. The first-order chi connectivity index (χ1) is 15.6. The molecule has 0 fully saturated rings. The quantitative estimate of drug-likeness (QED) is 0.490. The number of hydrogen-bond donors (Lipinski definition) is 1. The number of thioether (sulfide) groups is 1. The molecule has 4 rings (SSSR count). The average Bonchev–Trinajstić information content (AvgIpc) is 3.41. The molecule has 1 aromatic heterocycles. The van der Waals surface area contributed by atoms with Gasteiger partial charge in [0.25, 0.3) is 0 Å². The van der Waals surface area contributed by atoms with Gasteiger partial charge in [-0.25, -0.2) is 0 Å². The fourth-order valence-corrected chi connectivity index (χ4v) is 4.22. The third-order valence-electron chi connectivity index (χ3n) is 4.95. The van der Waals surface area contributed by atoms with E-state index in [1.807, 2.05) is 35.8 Å². The smallest absolute Gasteiger partial charge is 0.234 e. The van der Waals surface area contributed by atoms with Gasteiger partial charge in [0.05, 0.1) is 26.6 Å². The van der Waals surface area contributed by atoms with E-state index in [1.54, 1.807) is 32.4 Å². The third kappa shape index (κ3) is 4.59. The Balaban J connectivity index is 1.37. The number of ether oxygens (including phenoxy) is 3. The highest BCUT2D eigenvalue weighted by Crippen LogP contribution is 2.33. The van der Waals surface area contributed by atoms with Gasteiger partial charge in [-0.2, -0.15) is 0 Å². The largest absolute Gasteiger partial charge is 0.494 e. The molecule has 1 amide bonds.